The number of aromatic nitrogens is 1. The monoisotopic (exact) mass is 378 g/mol. The Morgan fingerprint density at radius 1 is 1.04 bits per heavy atom. The number of hydrogen-bond acceptors (Lipinski definition) is 3. The Morgan fingerprint density at radius 2 is 1.71 bits per heavy atom. The van der Waals surface area contributed by atoms with Crippen molar-refractivity contribution in [2.75, 3.05) is 0 Å². The highest BCUT2D eigenvalue weighted by Crippen LogP contribution is 2.19. The molecule has 6 heteroatoms. The lowest BCUT2D eigenvalue weighted by molar-refractivity contribution is -0.132. The van der Waals surface area contributed by atoms with Crippen LogP contribution >= 0.6 is 0 Å². The maximum absolute atomic E-state index is 13.0. The number of hydrogen-bond donors (Lipinski definition) is 2. The van der Waals surface area contributed by atoms with Gasteiger partial charge in [0.1, 0.15) is 0 Å². The third-order valence-electron chi connectivity index (χ3n) is 4.71. The van der Waals surface area contributed by atoms with E-state index in [0.717, 1.165) is 16.5 Å². The summed E-state index contributed by atoms with van der Waals surface area (Å²) in [5.74, 6) is -1.24. The molecule has 1 aromatic heterocycles. The molecule has 0 atom stereocenters. The van der Waals surface area contributed by atoms with Gasteiger partial charge in [0.2, 0.25) is 11.5 Å². The van der Waals surface area contributed by atoms with Crippen LogP contribution in [0.25, 0.3) is 10.9 Å². The molecule has 0 bridgehead atoms. The number of benzene rings is 2. The van der Waals surface area contributed by atoms with E-state index in [4.69, 9.17) is 0 Å². The minimum absolute atomic E-state index is 0.0121. The minimum atomic E-state index is -1.06. The summed E-state index contributed by atoms with van der Waals surface area (Å²) in [7, 11) is 0. The number of rotatable bonds is 6. The zero-order chi connectivity index (χ0) is 20.3. The number of pyridine rings is 1. The molecule has 144 valence electrons. The molecule has 1 heterocycles. The first-order chi connectivity index (χ1) is 13.4. The van der Waals surface area contributed by atoms with Crippen molar-refractivity contribution in [2.45, 2.75) is 32.9 Å². The van der Waals surface area contributed by atoms with Crippen LogP contribution in [-0.2, 0) is 17.8 Å². The minimum Gasteiger partial charge on any atom is -0.478 e. The summed E-state index contributed by atoms with van der Waals surface area (Å²) in [6.07, 6.45) is -0.0121. The van der Waals surface area contributed by atoms with E-state index in [1.807, 2.05) is 38.1 Å². The summed E-state index contributed by atoms with van der Waals surface area (Å²) in [6, 6.07) is 15.4. The number of para-hydroxylation sites is 1. The molecule has 2 N–H and O–H groups in total. The summed E-state index contributed by atoms with van der Waals surface area (Å²) < 4.78 is 0. The van der Waals surface area contributed by atoms with E-state index in [2.05, 4.69) is 4.98 Å². The number of carbonyl (C=O) groups is 2. The van der Waals surface area contributed by atoms with Crippen molar-refractivity contribution in [3.05, 3.63) is 81.6 Å². The highest BCUT2D eigenvalue weighted by molar-refractivity contribution is 5.92. The first-order valence-corrected chi connectivity index (χ1v) is 9.08. The molecule has 0 aliphatic rings. The van der Waals surface area contributed by atoms with Gasteiger partial charge in [0, 0.05) is 29.6 Å². The van der Waals surface area contributed by atoms with Gasteiger partial charge in [-0.1, -0.05) is 36.4 Å². The Bertz CT molecular complexity index is 1090. The third-order valence-corrected chi connectivity index (χ3v) is 4.71. The van der Waals surface area contributed by atoms with Crippen LogP contribution in [0.15, 0.2) is 59.4 Å². The molecule has 1 amide bonds. The predicted octanol–water partition coefficient (Wildman–Crippen LogP) is 3.21. The molecule has 0 spiro atoms. The SMILES string of the molecule is CC(C)N(Cc1cc(=O)[nH]c2ccccc12)C(=O)Cc1ccccc1C(=O)O. The average Bonchev–Trinajstić information content (AvgIpc) is 2.65. The molecule has 0 aliphatic carbocycles. The highest BCUT2D eigenvalue weighted by Gasteiger charge is 2.21. The number of aromatic carboxylic acids is 1. The van der Waals surface area contributed by atoms with Crippen molar-refractivity contribution in [3.63, 3.8) is 0 Å². The summed E-state index contributed by atoms with van der Waals surface area (Å²) in [6.45, 7) is 4.07. The first-order valence-electron chi connectivity index (χ1n) is 9.08. The maximum Gasteiger partial charge on any atom is 0.335 e. The normalized spacial score (nSPS) is 11.0. The number of nitrogens with one attached hydrogen (secondary N) is 1. The molecule has 0 saturated carbocycles. The number of carboxylic acids is 1. The number of nitrogens with zero attached hydrogens (tertiary/aromatic N) is 1. The molecular weight excluding hydrogens is 356 g/mol. The lowest BCUT2D eigenvalue weighted by Gasteiger charge is -2.27. The van der Waals surface area contributed by atoms with Crippen molar-refractivity contribution >= 4 is 22.8 Å². The summed E-state index contributed by atoms with van der Waals surface area (Å²) in [5.41, 5.74) is 1.86. The smallest absolute Gasteiger partial charge is 0.335 e. The van der Waals surface area contributed by atoms with Gasteiger partial charge in [-0.3, -0.25) is 9.59 Å². The fraction of sp³-hybridized carbons (Fsp3) is 0.227. The van der Waals surface area contributed by atoms with E-state index in [9.17, 15) is 19.5 Å². The van der Waals surface area contributed by atoms with Gasteiger partial charge in [0.05, 0.1) is 12.0 Å². The van der Waals surface area contributed by atoms with E-state index in [0.29, 0.717) is 5.56 Å². The topological polar surface area (TPSA) is 90.5 Å². The van der Waals surface area contributed by atoms with Crippen LogP contribution in [0.1, 0.15) is 35.3 Å². The van der Waals surface area contributed by atoms with E-state index >= 15 is 0 Å². The van der Waals surface area contributed by atoms with E-state index in [-0.39, 0.29) is 36.0 Å². The van der Waals surface area contributed by atoms with Crippen LogP contribution in [-0.4, -0.2) is 32.9 Å². The van der Waals surface area contributed by atoms with Gasteiger partial charge in [0.25, 0.3) is 0 Å². The number of carbonyl (C=O) groups excluding carboxylic acids is 1. The predicted molar refractivity (Wildman–Crippen MR) is 107 cm³/mol. The summed E-state index contributed by atoms with van der Waals surface area (Å²) in [4.78, 5) is 40.9. The summed E-state index contributed by atoms with van der Waals surface area (Å²) >= 11 is 0. The second-order valence-electron chi connectivity index (χ2n) is 6.96. The van der Waals surface area contributed by atoms with Crippen LogP contribution in [0.3, 0.4) is 0 Å². The Hall–Kier alpha value is -3.41. The molecule has 3 aromatic rings. The average molecular weight is 378 g/mol. The van der Waals surface area contributed by atoms with E-state index < -0.39 is 5.97 Å². The highest BCUT2D eigenvalue weighted by atomic mass is 16.4. The van der Waals surface area contributed by atoms with Crippen molar-refractivity contribution in [2.24, 2.45) is 0 Å². The zero-order valence-electron chi connectivity index (χ0n) is 15.8. The molecule has 0 fully saturated rings. The Kier molecular flexibility index (Phi) is 5.59. The fourth-order valence-corrected chi connectivity index (χ4v) is 3.30. The van der Waals surface area contributed by atoms with Gasteiger partial charge in [-0.25, -0.2) is 4.79 Å². The van der Waals surface area contributed by atoms with Gasteiger partial charge in [0.15, 0.2) is 0 Å². The molecule has 0 saturated heterocycles. The Balaban J connectivity index is 1.92. The second-order valence-corrected chi connectivity index (χ2v) is 6.96. The van der Waals surface area contributed by atoms with Crippen LogP contribution in [0, 0.1) is 0 Å². The Morgan fingerprint density at radius 3 is 2.43 bits per heavy atom. The molecule has 3 rings (SSSR count). The van der Waals surface area contributed by atoms with Gasteiger partial charge >= 0.3 is 5.97 Å². The van der Waals surface area contributed by atoms with Crippen LogP contribution in [0.5, 0.6) is 0 Å². The van der Waals surface area contributed by atoms with Crippen molar-refractivity contribution in [1.82, 2.24) is 9.88 Å². The van der Waals surface area contributed by atoms with Crippen LogP contribution < -0.4 is 5.56 Å². The van der Waals surface area contributed by atoms with E-state index in [1.54, 1.807) is 23.1 Å². The molecule has 0 unspecified atom stereocenters. The number of H-pyrrole nitrogens is 1. The second kappa shape index (κ2) is 8.08. The van der Waals surface area contributed by atoms with Gasteiger partial charge in [-0.2, -0.15) is 0 Å². The lowest BCUT2D eigenvalue weighted by Crippen LogP contribution is -2.38. The molecule has 6 nitrogen and oxygen atoms in total. The zero-order valence-corrected chi connectivity index (χ0v) is 15.8. The number of amides is 1. The first kappa shape index (κ1) is 19.4. The van der Waals surface area contributed by atoms with Crippen LogP contribution in [0.4, 0.5) is 0 Å². The molecule has 28 heavy (non-hydrogen) atoms. The number of carboxylic acid groups (broad SMARTS) is 1. The molecule has 2 aromatic carbocycles. The standard InChI is InChI=1S/C22H22N2O4/c1-14(2)24(21(26)12-15-7-3-4-9-18(15)22(27)28)13-16-11-20(25)23-19-10-6-5-8-17(16)19/h3-11,14H,12-13H2,1-2H3,(H,23,25)(H,27,28). The Labute approximate surface area is 162 Å². The molecule has 0 radical (unpaired) electrons. The number of aromatic amines is 1. The largest absolute Gasteiger partial charge is 0.478 e. The van der Waals surface area contributed by atoms with Gasteiger partial charge in [-0.05, 0) is 37.1 Å². The van der Waals surface area contributed by atoms with E-state index in [1.165, 1.54) is 12.1 Å². The van der Waals surface area contributed by atoms with Crippen LogP contribution in [0.2, 0.25) is 0 Å². The number of fused-ring (bicyclic) bond motifs is 1. The van der Waals surface area contributed by atoms with Crippen molar-refractivity contribution in [3.8, 4) is 0 Å². The van der Waals surface area contributed by atoms with Crippen molar-refractivity contribution in [1.29, 1.82) is 0 Å². The molecular formula is C22H22N2O4. The quantitative estimate of drug-likeness (QED) is 0.689. The van der Waals surface area contributed by atoms with Gasteiger partial charge in [-0.15, -0.1) is 0 Å². The maximum atomic E-state index is 13.0. The third kappa shape index (κ3) is 4.11. The lowest BCUT2D eigenvalue weighted by atomic mass is 10.0. The fourth-order valence-electron chi connectivity index (χ4n) is 3.30. The molecule has 0 aliphatic heterocycles. The van der Waals surface area contributed by atoms with Crippen molar-refractivity contribution < 1.29 is 14.7 Å². The summed E-state index contributed by atoms with van der Waals surface area (Å²) in [5, 5.41) is 10.2. The van der Waals surface area contributed by atoms with Gasteiger partial charge < -0.3 is 15.0 Å².